The average molecular weight is 499 g/mol. The second kappa shape index (κ2) is 13.1. The Labute approximate surface area is 202 Å². The molecule has 0 saturated carbocycles. The maximum absolute atomic E-state index is 11.8. The van der Waals surface area contributed by atoms with Crippen LogP contribution in [0.2, 0.25) is 5.02 Å². The Kier molecular flexibility index (Phi) is 10.5. The third-order valence-electron chi connectivity index (χ3n) is 4.49. The van der Waals surface area contributed by atoms with Crippen molar-refractivity contribution in [2.45, 2.75) is 58.4 Å². The number of ether oxygens (including phenoxy) is 6. The van der Waals surface area contributed by atoms with E-state index in [0.29, 0.717) is 5.02 Å². The van der Waals surface area contributed by atoms with Crippen LogP contribution in [0.1, 0.15) is 33.3 Å². The molecule has 1 aromatic carbocycles. The smallest absolute Gasteiger partial charge is 0.303 e. The summed E-state index contributed by atoms with van der Waals surface area (Å²) in [5, 5.41) is 0.603. The number of halogens is 1. The number of hydrogen-bond donors (Lipinski definition) is 0. The molecule has 1 aliphatic rings. The van der Waals surface area contributed by atoms with E-state index in [1.54, 1.807) is 24.3 Å². The lowest BCUT2D eigenvalue weighted by atomic mass is 9.98. The van der Waals surface area contributed by atoms with Crippen LogP contribution in [0.5, 0.6) is 0 Å². The molecule has 0 radical (unpaired) electrons. The second-order valence-electron chi connectivity index (χ2n) is 7.35. The van der Waals surface area contributed by atoms with Crippen molar-refractivity contribution < 1.29 is 47.6 Å². The minimum atomic E-state index is -1.27. The maximum Gasteiger partial charge on any atom is 0.303 e. The van der Waals surface area contributed by atoms with Crippen molar-refractivity contribution in [2.75, 3.05) is 13.2 Å². The Morgan fingerprint density at radius 3 is 1.97 bits per heavy atom. The summed E-state index contributed by atoms with van der Waals surface area (Å²) in [4.78, 5) is 46.7. The van der Waals surface area contributed by atoms with E-state index in [-0.39, 0.29) is 13.2 Å². The summed E-state index contributed by atoms with van der Waals surface area (Å²) in [7, 11) is 0. The number of carbonyl (C=O) groups is 4. The Morgan fingerprint density at radius 2 is 1.41 bits per heavy atom. The normalized spacial score (nSPS) is 24.3. The number of hydrogen-bond acceptors (Lipinski definition) is 10. The second-order valence-corrected chi connectivity index (χ2v) is 7.79. The molecule has 1 aromatic rings. The lowest BCUT2D eigenvalue weighted by molar-refractivity contribution is -0.305. The van der Waals surface area contributed by atoms with Crippen molar-refractivity contribution >= 4 is 41.6 Å². The molecule has 0 amide bonds. The van der Waals surface area contributed by atoms with E-state index < -0.39 is 54.6 Å². The molecule has 1 heterocycles. The molecular weight excluding hydrogens is 472 g/mol. The van der Waals surface area contributed by atoms with Crippen LogP contribution >= 0.6 is 11.6 Å². The molecule has 0 spiro atoms. The molecule has 0 N–H and O–H groups in total. The molecule has 2 rings (SSSR count). The minimum Gasteiger partial charge on any atom is -0.463 e. The van der Waals surface area contributed by atoms with Gasteiger partial charge in [0.15, 0.2) is 24.6 Å². The zero-order valence-electron chi connectivity index (χ0n) is 19.2. The monoisotopic (exact) mass is 498 g/mol. The molecule has 1 fully saturated rings. The fourth-order valence-electron chi connectivity index (χ4n) is 3.23. The van der Waals surface area contributed by atoms with Gasteiger partial charge in [0.25, 0.3) is 0 Å². The summed E-state index contributed by atoms with van der Waals surface area (Å²) < 4.78 is 32.6. The highest BCUT2D eigenvalue weighted by Crippen LogP contribution is 2.30. The van der Waals surface area contributed by atoms with Crippen LogP contribution in [-0.2, 0) is 47.6 Å². The number of esters is 4. The summed E-state index contributed by atoms with van der Waals surface area (Å²) >= 11 is 5.88. The zero-order chi connectivity index (χ0) is 25.3. The van der Waals surface area contributed by atoms with Crippen LogP contribution in [0.3, 0.4) is 0 Å². The highest BCUT2D eigenvalue weighted by atomic mass is 35.5. The van der Waals surface area contributed by atoms with Gasteiger partial charge < -0.3 is 28.4 Å². The molecule has 3 unspecified atom stereocenters. The number of benzene rings is 1. The third-order valence-corrected chi connectivity index (χ3v) is 4.74. The summed E-state index contributed by atoms with van der Waals surface area (Å²) in [6.45, 7) is 4.36. The molecule has 0 bridgehead atoms. The maximum atomic E-state index is 11.8. The molecule has 1 saturated heterocycles. The van der Waals surface area contributed by atoms with Gasteiger partial charge in [-0.05, 0) is 17.7 Å². The van der Waals surface area contributed by atoms with Crippen LogP contribution in [0.15, 0.2) is 30.3 Å². The molecule has 10 nitrogen and oxygen atoms in total. The Balaban J connectivity index is 2.27. The molecule has 186 valence electrons. The van der Waals surface area contributed by atoms with E-state index in [9.17, 15) is 19.2 Å². The topological polar surface area (TPSA) is 124 Å². The zero-order valence-corrected chi connectivity index (χ0v) is 20.0. The molecule has 5 atom stereocenters. The number of carbonyl (C=O) groups excluding carboxylic acids is 4. The lowest BCUT2D eigenvalue weighted by Crippen LogP contribution is -2.62. The average Bonchev–Trinajstić information content (AvgIpc) is 2.74. The van der Waals surface area contributed by atoms with Gasteiger partial charge in [0.2, 0.25) is 0 Å². The summed E-state index contributed by atoms with van der Waals surface area (Å²) in [6, 6.07) is 7.10. The first-order chi connectivity index (χ1) is 16.1. The Hall–Kier alpha value is -2.95. The molecule has 11 heteroatoms. The minimum absolute atomic E-state index is 0.0242. The van der Waals surface area contributed by atoms with Crippen LogP contribution < -0.4 is 0 Å². The molecule has 0 aliphatic carbocycles. The highest BCUT2D eigenvalue weighted by Gasteiger charge is 2.52. The molecular formula is C23H27ClO10. The quantitative estimate of drug-likeness (QED) is 0.370. The molecule has 1 aliphatic heterocycles. The summed E-state index contributed by atoms with van der Waals surface area (Å²) in [5.41, 5.74) is 0.870. The van der Waals surface area contributed by atoms with E-state index in [2.05, 4.69) is 0 Å². The first-order valence-electron chi connectivity index (χ1n) is 10.4. The van der Waals surface area contributed by atoms with Crippen LogP contribution in [0, 0.1) is 0 Å². The summed E-state index contributed by atoms with van der Waals surface area (Å²) in [6.07, 6.45) is -2.58. The first-order valence-corrected chi connectivity index (χ1v) is 10.8. The SMILES string of the molecule is CC(=O)OCC1O[C@@H](OC/C=C/c2ccc(Cl)cc2)C(OC(C)=O)C(OC(C)=O)[C@@H]1OC(C)=O. The van der Waals surface area contributed by atoms with Crippen molar-refractivity contribution in [1.82, 2.24) is 0 Å². The van der Waals surface area contributed by atoms with Crippen molar-refractivity contribution in [2.24, 2.45) is 0 Å². The lowest BCUT2D eigenvalue weighted by Gasteiger charge is -2.43. The van der Waals surface area contributed by atoms with Crippen LogP contribution in [-0.4, -0.2) is 67.8 Å². The Morgan fingerprint density at radius 1 is 0.853 bits per heavy atom. The van der Waals surface area contributed by atoms with Crippen LogP contribution in [0.25, 0.3) is 6.08 Å². The highest BCUT2D eigenvalue weighted by molar-refractivity contribution is 6.30. The van der Waals surface area contributed by atoms with Crippen molar-refractivity contribution in [3.05, 3.63) is 40.9 Å². The Bertz CT molecular complexity index is 898. The molecule has 0 aromatic heterocycles. The van der Waals surface area contributed by atoms with Gasteiger partial charge in [0, 0.05) is 32.7 Å². The van der Waals surface area contributed by atoms with Gasteiger partial charge in [0.05, 0.1) is 6.61 Å². The van der Waals surface area contributed by atoms with E-state index in [4.69, 9.17) is 40.0 Å². The van der Waals surface area contributed by atoms with Gasteiger partial charge in [-0.3, -0.25) is 19.2 Å². The van der Waals surface area contributed by atoms with Gasteiger partial charge in [-0.1, -0.05) is 35.9 Å². The fraction of sp³-hybridized carbons (Fsp3) is 0.478. The van der Waals surface area contributed by atoms with Crippen molar-refractivity contribution in [3.63, 3.8) is 0 Å². The standard InChI is InChI=1S/C23H27ClO10/c1-13(25)30-12-19-20(31-14(2)26)21(32-15(3)27)22(33-16(4)28)23(34-19)29-11-5-6-17-7-9-18(24)10-8-17/h5-10,19-23H,11-12H2,1-4H3/b6-5+/t19?,20-,21?,22?,23-/m1/s1. The summed E-state index contributed by atoms with van der Waals surface area (Å²) in [5.74, 6) is -2.71. The molecule has 34 heavy (non-hydrogen) atoms. The van der Waals surface area contributed by atoms with Crippen molar-refractivity contribution in [3.8, 4) is 0 Å². The van der Waals surface area contributed by atoms with E-state index in [1.165, 1.54) is 6.92 Å². The van der Waals surface area contributed by atoms with Crippen LogP contribution in [0.4, 0.5) is 0 Å². The van der Waals surface area contributed by atoms with Gasteiger partial charge in [-0.15, -0.1) is 0 Å². The van der Waals surface area contributed by atoms with Gasteiger partial charge in [-0.2, -0.15) is 0 Å². The fourth-order valence-corrected chi connectivity index (χ4v) is 3.36. The number of rotatable bonds is 9. The van der Waals surface area contributed by atoms with Crippen molar-refractivity contribution in [1.29, 1.82) is 0 Å². The third kappa shape index (κ3) is 8.77. The van der Waals surface area contributed by atoms with E-state index >= 15 is 0 Å². The largest absolute Gasteiger partial charge is 0.463 e. The van der Waals surface area contributed by atoms with Gasteiger partial charge in [-0.25, -0.2) is 0 Å². The van der Waals surface area contributed by atoms with E-state index in [1.807, 2.05) is 12.1 Å². The predicted octanol–water partition coefficient (Wildman–Crippen LogP) is 2.45. The van der Waals surface area contributed by atoms with Gasteiger partial charge in [0.1, 0.15) is 12.7 Å². The first kappa shape index (κ1) is 27.3. The predicted molar refractivity (Wildman–Crippen MR) is 118 cm³/mol. The van der Waals surface area contributed by atoms with Gasteiger partial charge >= 0.3 is 23.9 Å². The van der Waals surface area contributed by atoms with E-state index in [0.717, 1.165) is 26.3 Å².